The van der Waals surface area contributed by atoms with Gasteiger partial charge in [-0.3, -0.25) is 4.79 Å². The van der Waals surface area contributed by atoms with Gasteiger partial charge >= 0.3 is 0 Å². The van der Waals surface area contributed by atoms with Crippen LogP contribution in [0.4, 0.5) is 0 Å². The molecular weight excluding hydrogens is 298 g/mol. The van der Waals surface area contributed by atoms with Gasteiger partial charge in [-0.05, 0) is 42.7 Å². The van der Waals surface area contributed by atoms with E-state index in [2.05, 4.69) is 19.1 Å². The normalized spacial score (nSPS) is 16.6. The van der Waals surface area contributed by atoms with Crippen molar-refractivity contribution in [2.75, 3.05) is 20.7 Å². The van der Waals surface area contributed by atoms with Gasteiger partial charge < -0.3 is 9.64 Å². The molecule has 0 radical (unpaired) electrons. The summed E-state index contributed by atoms with van der Waals surface area (Å²) in [6.45, 7) is 2.50. The monoisotopic (exact) mass is 331 g/mol. The lowest BCUT2D eigenvalue weighted by atomic mass is 9.82. The number of hydrogen-bond acceptors (Lipinski definition) is 2. The molecule has 2 rings (SSSR count). The molecule has 1 fully saturated rings. The van der Waals surface area contributed by atoms with Crippen LogP contribution in [-0.2, 0) is 11.2 Å². The summed E-state index contributed by atoms with van der Waals surface area (Å²) in [5.41, 5.74) is 1.22. The topological polar surface area (TPSA) is 29.5 Å². The molecule has 1 aromatic carbocycles. The molecule has 1 aromatic rings. The van der Waals surface area contributed by atoms with Crippen LogP contribution in [0.15, 0.2) is 24.3 Å². The number of benzene rings is 1. The molecule has 0 spiro atoms. The Balaban J connectivity index is 1.81. The predicted octanol–water partition coefficient (Wildman–Crippen LogP) is 4.69. The highest BCUT2D eigenvalue weighted by Crippen LogP contribution is 2.31. The van der Waals surface area contributed by atoms with Crippen LogP contribution in [-0.4, -0.2) is 31.5 Å². The molecule has 1 amide bonds. The minimum atomic E-state index is -0.00419. The maximum absolute atomic E-state index is 11.7. The minimum absolute atomic E-state index is 0.00419. The van der Waals surface area contributed by atoms with Gasteiger partial charge in [0.15, 0.2) is 6.61 Å². The lowest BCUT2D eigenvalue weighted by Crippen LogP contribution is -2.27. The first-order valence-corrected chi connectivity index (χ1v) is 9.47. The summed E-state index contributed by atoms with van der Waals surface area (Å²) in [6, 6.07) is 8.14. The number of carbonyl (C=O) groups is 1. The Hall–Kier alpha value is -1.51. The van der Waals surface area contributed by atoms with E-state index in [0.29, 0.717) is 0 Å². The van der Waals surface area contributed by atoms with Crippen molar-refractivity contribution in [2.24, 2.45) is 11.8 Å². The number of hydrogen-bond donors (Lipinski definition) is 0. The van der Waals surface area contributed by atoms with Crippen LogP contribution in [0.1, 0.15) is 57.4 Å². The summed E-state index contributed by atoms with van der Waals surface area (Å²) in [5, 5.41) is 0. The Morgan fingerprint density at radius 3 is 2.62 bits per heavy atom. The number of ether oxygens (including phenoxy) is 1. The second kappa shape index (κ2) is 9.71. The van der Waals surface area contributed by atoms with Gasteiger partial charge in [-0.15, -0.1) is 0 Å². The zero-order valence-corrected chi connectivity index (χ0v) is 15.6. The molecule has 24 heavy (non-hydrogen) atoms. The number of rotatable bonds is 8. The molecule has 3 nitrogen and oxygen atoms in total. The summed E-state index contributed by atoms with van der Waals surface area (Å²) in [7, 11) is 3.51. The molecule has 1 unspecified atom stereocenters. The van der Waals surface area contributed by atoms with Gasteiger partial charge in [0, 0.05) is 14.1 Å². The Kier molecular flexibility index (Phi) is 7.61. The number of likely N-dealkylation sites (N-methyl/N-ethyl adjacent to an activating group) is 1. The third kappa shape index (κ3) is 6.18. The second-order valence-electron chi connectivity index (χ2n) is 7.57. The lowest BCUT2D eigenvalue weighted by molar-refractivity contribution is -0.130. The predicted molar refractivity (Wildman–Crippen MR) is 99.3 cm³/mol. The van der Waals surface area contributed by atoms with Gasteiger partial charge in [0.05, 0.1) is 0 Å². The minimum Gasteiger partial charge on any atom is -0.483 e. The molecule has 1 aliphatic carbocycles. The summed E-state index contributed by atoms with van der Waals surface area (Å²) < 4.78 is 5.75. The molecule has 1 saturated carbocycles. The van der Waals surface area contributed by atoms with E-state index in [4.69, 9.17) is 4.74 Å². The smallest absolute Gasteiger partial charge is 0.259 e. The average Bonchev–Trinajstić information content (AvgIpc) is 2.59. The van der Waals surface area contributed by atoms with Gasteiger partial charge in [-0.2, -0.15) is 0 Å². The van der Waals surface area contributed by atoms with Gasteiger partial charge in [-0.1, -0.05) is 57.2 Å². The fourth-order valence-corrected chi connectivity index (χ4v) is 3.63. The SMILES string of the molecule is CC(CCc1ccccc1OCC(=O)N(C)C)CC1CCCCC1. The van der Waals surface area contributed by atoms with Crippen LogP contribution in [0, 0.1) is 11.8 Å². The molecule has 1 aliphatic rings. The Morgan fingerprint density at radius 2 is 1.92 bits per heavy atom. The molecule has 1 atom stereocenters. The van der Waals surface area contributed by atoms with Gasteiger partial charge in [-0.25, -0.2) is 0 Å². The molecule has 0 bridgehead atoms. The second-order valence-corrected chi connectivity index (χ2v) is 7.57. The van der Waals surface area contributed by atoms with Crippen molar-refractivity contribution in [1.82, 2.24) is 4.90 Å². The fraction of sp³-hybridized carbons (Fsp3) is 0.667. The summed E-state index contributed by atoms with van der Waals surface area (Å²) >= 11 is 0. The summed E-state index contributed by atoms with van der Waals surface area (Å²) in [5.74, 6) is 2.55. The van der Waals surface area contributed by atoms with E-state index in [1.807, 2.05) is 12.1 Å². The van der Waals surface area contributed by atoms with E-state index < -0.39 is 0 Å². The van der Waals surface area contributed by atoms with Crippen LogP contribution in [0.3, 0.4) is 0 Å². The molecule has 0 aromatic heterocycles. The Bertz CT molecular complexity index is 506. The quantitative estimate of drug-likeness (QED) is 0.691. The maximum atomic E-state index is 11.7. The molecule has 0 saturated heterocycles. The van der Waals surface area contributed by atoms with Crippen LogP contribution in [0.25, 0.3) is 0 Å². The van der Waals surface area contributed by atoms with Crippen molar-refractivity contribution in [1.29, 1.82) is 0 Å². The zero-order valence-electron chi connectivity index (χ0n) is 15.6. The average molecular weight is 332 g/mol. The summed E-state index contributed by atoms with van der Waals surface area (Å²) in [4.78, 5) is 13.3. The van der Waals surface area contributed by atoms with E-state index in [-0.39, 0.29) is 12.5 Å². The van der Waals surface area contributed by atoms with Crippen LogP contribution >= 0.6 is 0 Å². The number of carbonyl (C=O) groups excluding carboxylic acids is 1. The largest absolute Gasteiger partial charge is 0.483 e. The van der Waals surface area contributed by atoms with Crippen LogP contribution in [0.2, 0.25) is 0 Å². The van der Waals surface area contributed by atoms with E-state index in [1.54, 1.807) is 19.0 Å². The van der Waals surface area contributed by atoms with Crippen molar-refractivity contribution < 1.29 is 9.53 Å². The number of amides is 1. The molecule has 3 heteroatoms. The standard InChI is InChI=1S/C21H33NO2/c1-17(15-18-9-5-4-6-10-18)13-14-19-11-7-8-12-20(19)24-16-21(23)22(2)3/h7-8,11-12,17-18H,4-6,9-10,13-16H2,1-3H3. The third-order valence-corrected chi connectivity index (χ3v) is 5.19. The Morgan fingerprint density at radius 1 is 1.21 bits per heavy atom. The maximum Gasteiger partial charge on any atom is 0.259 e. The van der Waals surface area contributed by atoms with Crippen molar-refractivity contribution in [3.63, 3.8) is 0 Å². The lowest BCUT2D eigenvalue weighted by Gasteiger charge is -2.24. The van der Waals surface area contributed by atoms with Crippen molar-refractivity contribution in [3.8, 4) is 5.75 Å². The molecule has 0 aliphatic heterocycles. The van der Waals surface area contributed by atoms with Crippen molar-refractivity contribution in [3.05, 3.63) is 29.8 Å². The van der Waals surface area contributed by atoms with Crippen molar-refractivity contribution in [2.45, 2.75) is 58.3 Å². The van der Waals surface area contributed by atoms with Crippen molar-refractivity contribution >= 4 is 5.91 Å². The summed E-state index contributed by atoms with van der Waals surface area (Å²) in [6.07, 6.45) is 10.7. The highest BCUT2D eigenvalue weighted by atomic mass is 16.5. The van der Waals surface area contributed by atoms with E-state index in [1.165, 1.54) is 50.5 Å². The highest BCUT2D eigenvalue weighted by molar-refractivity contribution is 5.77. The molecule has 0 heterocycles. The third-order valence-electron chi connectivity index (χ3n) is 5.19. The first-order valence-electron chi connectivity index (χ1n) is 9.47. The number of aryl methyl sites for hydroxylation is 1. The van der Waals surface area contributed by atoms with E-state index >= 15 is 0 Å². The first kappa shape index (κ1) is 18.8. The fourth-order valence-electron chi connectivity index (χ4n) is 3.63. The van der Waals surface area contributed by atoms with Gasteiger partial charge in [0.1, 0.15) is 5.75 Å². The number of para-hydroxylation sites is 1. The number of nitrogens with zero attached hydrogens (tertiary/aromatic N) is 1. The van der Waals surface area contributed by atoms with Gasteiger partial charge in [0.25, 0.3) is 5.91 Å². The molecule has 134 valence electrons. The van der Waals surface area contributed by atoms with Crippen LogP contribution in [0.5, 0.6) is 5.75 Å². The Labute approximate surface area is 147 Å². The van der Waals surface area contributed by atoms with Crippen LogP contribution < -0.4 is 4.74 Å². The zero-order chi connectivity index (χ0) is 17.4. The first-order chi connectivity index (χ1) is 11.6. The van der Waals surface area contributed by atoms with Gasteiger partial charge in [0.2, 0.25) is 0 Å². The van der Waals surface area contributed by atoms with E-state index in [9.17, 15) is 4.79 Å². The van der Waals surface area contributed by atoms with E-state index in [0.717, 1.165) is 24.0 Å². The highest BCUT2D eigenvalue weighted by Gasteiger charge is 2.17. The molecule has 0 N–H and O–H groups in total. The molecular formula is C21H33NO2.